The smallest absolute Gasteiger partial charge is 0.263 e. The summed E-state index contributed by atoms with van der Waals surface area (Å²) in [5.41, 5.74) is 2.22. The molecule has 0 spiro atoms. The lowest BCUT2D eigenvalue weighted by molar-refractivity contribution is 0.248. The van der Waals surface area contributed by atoms with Gasteiger partial charge in [-0.1, -0.05) is 48.0 Å². The minimum absolute atomic E-state index is 0.109. The van der Waals surface area contributed by atoms with Gasteiger partial charge in [0.25, 0.3) is 10.0 Å². The summed E-state index contributed by atoms with van der Waals surface area (Å²) in [4.78, 5) is 6.35. The topological polar surface area (TPSA) is 75.2 Å². The summed E-state index contributed by atoms with van der Waals surface area (Å²) in [6.07, 6.45) is 3.55. The number of nitrogens with one attached hydrogen (secondary N) is 1. The molecule has 28 heavy (non-hydrogen) atoms. The summed E-state index contributed by atoms with van der Waals surface area (Å²) >= 11 is 7.43. The van der Waals surface area contributed by atoms with E-state index < -0.39 is 10.0 Å². The number of hydrogen-bond donors (Lipinski definition) is 1. The lowest BCUT2D eigenvalue weighted by Crippen LogP contribution is -2.23. The van der Waals surface area contributed by atoms with Gasteiger partial charge in [-0.15, -0.1) is 0 Å². The molecule has 3 aromatic rings. The van der Waals surface area contributed by atoms with Crippen molar-refractivity contribution in [3.63, 3.8) is 0 Å². The molecule has 1 aliphatic rings. The molecule has 1 N–H and O–H groups in total. The maximum Gasteiger partial charge on any atom is 0.263 e. The molecule has 0 amide bonds. The van der Waals surface area contributed by atoms with E-state index in [1.807, 2.05) is 6.07 Å². The van der Waals surface area contributed by atoms with Gasteiger partial charge in [0.15, 0.2) is 0 Å². The molecule has 0 aliphatic carbocycles. The summed E-state index contributed by atoms with van der Waals surface area (Å²) in [6, 6.07) is 15.7. The van der Waals surface area contributed by atoms with Crippen molar-refractivity contribution in [2.24, 2.45) is 0 Å². The molecule has 4 rings (SSSR count). The number of nitrogens with zero attached hydrogens (tertiary/aromatic N) is 3. The molecule has 9 heteroatoms. The highest BCUT2D eigenvalue weighted by Crippen LogP contribution is 2.34. The third-order valence-corrected chi connectivity index (χ3v) is 7.24. The number of aromatic nitrogens is 2. The minimum Gasteiger partial charge on any atom is -0.292 e. The fourth-order valence-electron chi connectivity index (χ4n) is 3.50. The van der Waals surface area contributed by atoms with Crippen molar-refractivity contribution in [2.75, 3.05) is 11.3 Å². The SMILES string of the molecule is O=S(=O)(Nc1ncns1)c1ccc(CN2CCCC2c2ccccc2)c(Cl)c1. The van der Waals surface area contributed by atoms with Gasteiger partial charge in [0, 0.05) is 29.1 Å². The van der Waals surface area contributed by atoms with Crippen LogP contribution in [-0.2, 0) is 16.6 Å². The highest BCUT2D eigenvalue weighted by atomic mass is 35.5. The van der Waals surface area contributed by atoms with Crippen molar-refractivity contribution in [3.05, 3.63) is 71.0 Å². The third kappa shape index (κ3) is 4.20. The van der Waals surface area contributed by atoms with E-state index in [4.69, 9.17) is 11.6 Å². The van der Waals surface area contributed by atoms with Gasteiger partial charge in [0.1, 0.15) is 6.33 Å². The molecule has 1 atom stereocenters. The zero-order valence-corrected chi connectivity index (χ0v) is 17.3. The van der Waals surface area contributed by atoms with Crippen LogP contribution in [0.15, 0.2) is 59.8 Å². The Morgan fingerprint density at radius 3 is 2.75 bits per heavy atom. The molecule has 1 saturated heterocycles. The zero-order chi connectivity index (χ0) is 19.6. The molecule has 0 saturated carbocycles. The van der Waals surface area contributed by atoms with E-state index in [1.54, 1.807) is 12.1 Å². The Kier molecular flexibility index (Phi) is 5.63. The highest BCUT2D eigenvalue weighted by Gasteiger charge is 2.26. The molecule has 0 radical (unpaired) electrons. The minimum atomic E-state index is -3.74. The first-order valence-electron chi connectivity index (χ1n) is 8.90. The lowest BCUT2D eigenvalue weighted by Gasteiger charge is -2.25. The van der Waals surface area contributed by atoms with E-state index >= 15 is 0 Å². The predicted octanol–water partition coefficient (Wildman–Crippen LogP) is 4.33. The van der Waals surface area contributed by atoms with Crippen LogP contribution in [0.5, 0.6) is 0 Å². The number of hydrogen-bond acceptors (Lipinski definition) is 6. The number of likely N-dealkylation sites (tertiary alicyclic amines) is 1. The maximum absolute atomic E-state index is 12.5. The van der Waals surface area contributed by atoms with Crippen LogP contribution >= 0.6 is 23.1 Å². The molecule has 2 aromatic carbocycles. The molecular formula is C19H19ClN4O2S2. The Morgan fingerprint density at radius 1 is 1.21 bits per heavy atom. The predicted molar refractivity (Wildman–Crippen MR) is 111 cm³/mol. The van der Waals surface area contributed by atoms with Gasteiger partial charge in [-0.2, -0.15) is 4.37 Å². The van der Waals surface area contributed by atoms with Crippen molar-refractivity contribution in [1.82, 2.24) is 14.3 Å². The first-order valence-corrected chi connectivity index (χ1v) is 11.5. The quantitative estimate of drug-likeness (QED) is 0.625. The maximum atomic E-state index is 12.5. The number of benzene rings is 2. The molecule has 1 unspecified atom stereocenters. The average molecular weight is 435 g/mol. The Labute approximate surface area is 173 Å². The second-order valence-electron chi connectivity index (χ2n) is 6.64. The lowest BCUT2D eigenvalue weighted by atomic mass is 10.0. The molecule has 2 heterocycles. The molecule has 0 bridgehead atoms. The van der Waals surface area contributed by atoms with E-state index in [-0.39, 0.29) is 10.0 Å². The van der Waals surface area contributed by atoms with Crippen LogP contribution in [0, 0.1) is 0 Å². The second kappa shape index (κ2) is 8.16. The molecule has 6 nitrogen and oxygen atoms in total. The summed E-state index contributed by atoms with van der Waals surface area (Å²) in [5, 5.41) is 0.668. The third-order valence-electron chi connectivity index (χ3n) is 4.84. The first kappa shape index (κ1) is 19.3. The highest BCUT2D eigenvalue weighted by molar-refractivity contribution is 7.93. The largest absolute Gasteiger partial charge is 0.292 e. The Balaban J connectivity index is 1.52. The Morgan fingerprint density at radius 2 is 2.04 bits per heavy atom. The molecule has 1 fully saturated rings. The van der Waals surface area contributed by atoms with Crippen molar-refractivity contribution in [3.8, 4) is 0 Å². The zero-order valence-electron chi connectivity index (χ0n) is 15.0. The molecule has 1 aromatic heterocycles. The van der Waals surface area contributed by atoms with Crippen molar-refractivity contribution >= 4 is 38.3 Å². The van der Waals surface area contributed by atoms with Gasteiger partial charge >= 0.3 is 0 Å². The van der Waals surface area contributed by atoms with E-state index in [2.05, 4.69) is 43.2 Å². The summed E-state index contributed by atoms with van der Waals surface area (Å²) in [7, 11) is -3.74. The van der Waals surface area contributed by atoms with Gasteiger partial charge in [-0.3, -0.25) is 9.62 Å². The summed E-state index contributed by atoms with van der Waals surface area (Å²) in [6.45, 7) is 1.68. The van der Waals surface area contributed by atoms with Crippen molar-refractivity contribution < 1.29 is 8.42 Å². The van der Waals surface area contributed by atoms with Crippen LogP contribution in [0.25, 0.3) is 0 Å². The van der Waals surface area contributed by atoms with Crippen LogP contribution in [0.2, 0.25) is 5.02 Å². The summed E-state index contributed by atoms with van der Waals surface area (Å²) < 4.78 is 31.2. The van der Waals surface area contributed by atoms with Crippen molar-refractivity contribution in [2.45, 2.75) is 30.3 Å². The Bertz CT molecular complexity index is 1040. The normalized spacial score (nSPS) is 17.7. The van der Waals surface area contributed by atoms with Gasteiger partial charge in [0.2, 0.25) is 5.13 Å². The standard InChI is InChI=1S/C19H19ClN4O2S2/c20-17-11-16(28(25,26)23-19-21-13-22-27-19)9-8-15(17)12-24-10-4-7-18(24)14-5-2-1-3-6-14/h1-3,5-6,8-9,11,13,18H,4,7,10,12H2,(H,21,22,23). The van der Waals surface area contributed by atoms with Crippen LogP contribution in [0.1, 0.15) is 30.0 Å². The molecule has 146 valence electrons. The fraction of sp³-hybridized carbons (Fsp3) is 0.263. The molecule has 1 aliphatic heterocycles. The Hall–Kier alpha value is -2.00. The van der Waals surface area contributed by atoms with Gasteiger partial charge in [-0.25, -0.2) is 13.4 Å². The van der Waals surface area contributed by atoms with Gasteiger partial charge in [0.05, 0.1) is 4.90 Å². The van der Waals surface area contributed by atoms with Crippen molar-refractivity contribution in [1.29, 1.82) is 0 Å². The first-order chi connectivity index (χ1) is 13.5. The monoisotopic (exact) mass is 434 g/mol. The van der Waals surface area contributed by atoms with E-state index in [1.165, 1.54) is 18.0 Å². The van der Waals surface area contributed by atoms with Gasteiger partial charge < -0.3 is 0 Å². The second-order valence-corrected chi connectivity index (χ2v) is 9.51. The van der Waals surface area contributed by atoms with Gasteiger partial charge in [-0.05, 0) is 42.6 Å². The number of halogens is 1. The van der Waals surface area contributed by atoms with Crippen LogP contribution in [0.4, 0.5) is 5.13 Å². The fourth-order valence-corrected chi connectivity index (χ4v) is 5.49. The number of sulfonamides is 1. The molecular weight excluding hydrogens is 416 g/mol. The van der Waals surface area contributed by atoms with Crippen LogP contribution < -0.4 is 4.72 Å². The van der Waals surface area contributed by atoms with Crippen LogP contribution in [-0.4, -0.2) is 29.2 Å². The average Bonchev–Trinajstić information content (AvgIpc) is 3.35. The van der Waals surface area contributed by atoms with E-state index in [0.717, 1.165) is 36.5 Å². The number of rotatable bonds is 6. The van der Waals surface area contributed by atoms with E-state index in [9.17, 15) is 8.42 Å². The van der Waals surface area contributed by atoms with E-state index in [0.29, 0.717) is 17.6 Å². The summed E-state index contributed by atoms with van der Waals surface area (Å²) in [5.74, 6) is 0. The number of anilines is 1. The van der Waals surface area contributed by atoms with Crippen LogP contribution in [0.3, 0.4) is 0 Å².